The van der Waals surface area contributed by atoms with E-state index in [2.05, 4.69) is 6.92 Å². The quantitative estimate of drug-likeness (QED) is 0.452. The SMILES string of the molecule is CCCCOc1ccc(C2C(C(=O)c3cccs3)=C(O)C(=O)N2CC2CCCO2)cc1. The molecule has 1 aromatic carbocycles. The molecule has 1 saturated heterocycles. The number of ether oxygens (including phenoxy) is 2. The number of Topliss-reactive ketones (excluding diaryl/α,β-unsaturated/α-hetero) is 1. The van der Waals surface area contributed by atoms with Crippen LogP contribution in [0.3, 0.4) is 0 Å². The van der Waals surface area contributed by atoms with Gasteiger partial charge in [-0.25, -0.2) is 0 Å². The Bertz CT molecular complexity index is 945. The van der Waals surface area contributed by atoms with Crippen molar-refractivity contribution in [1.82, 2.24) is 4.90 Å². The van der Waals surface area contributed by atoms with Gasteiger partial charge in [0.1, 0.15) is 5.75 Å². The van der Waals surface area contributed by atoms with Gasteiger partial charge < -0.3 is 19.5 Å². The molecule has 0 aliphatic carbocycles. The molecule has 4 rings (SSSR count). The second-order valence-electron chi connectivity index (χ2n) is 7.83. The van der Waals surface area contributed by atoms with Gasteiger partial charge in [0, 0.05) is 13.2 Å². The summed E-state index contributed by atoms with van der Waals surface area (Å²) in [6.07, 6.45) is 3.74. The van der Waals surface area contributed by atoms with Crippen LogP contribution in [0.4, 0.5) is 0 Å². The van der Waals surface area contributed by atoms with E-state index >= 15 is 0 Å². The minimum atomic E-state index is -0.656. The normalized spacial score (nSPS) is 21.2. The van der Waals surface area contributed by atoms with Crippen molar-refractivity contribution in [2.45, 2.75) is 44.8 Å². The molecule has 0 bridgehead atoms. The first-order valence-corrected chi connectivity index (χ1v) is 11.6. The lowest BCUT2D eigenvalue weighted by molar-refractivity contribution is -0.131. The van der Waals surface area contributed by atoms with Crippen LogP contribution in [0.1, 0.15) is 53.9 Å². The lowest BCUT2D eigenvalue weighted by Gasteiger charge is -2.29. The summed E-state index contributed by atoms with van der Waals surface area (Å²) in [5.74, 6) is -0.566. The predicted octanol–water partition coefficient (Wildman–Crippen LogP) is 4.68. The molecular formula is C24H27NO5S. The van der Waals surface area contributed by atoms with Crippen LogP contribution in [0.2, 0.25) is 0 Å². The number of rotatable bonds is 9. The highest BCUT2D eigenvalue weighted by molar-refractivity contribution is 7.12. The van der Waals surface area contributed by atoms with Crippen LogP contribution in [0, 0.1) is 0 Å². The number of ketones is 1. The van der Waals surface area contributed by atoms with Crippen molar-refractivity contribution < 1.29 is 24.2 Å². The van der Waals surface area contributed by atoms with E-state index in [9.17, 15) is 14.7 Å². The number of aliphatic hydroxyl groups excluding tert-OH is 1. The predicted molar refractivity (Wildman–Crippen MR) is 119 cm³/mol. The molecule has 1 amide bonds. The highest BCUT2D eigenvalue weighted by Gasteiger charge is 2.45. The molecule has 2 aliphatic rings. The third-order valence-corrected chi connectivity index (χ3v) is 6.55. The summed E-state index contributed by atoms with van der Waals surface area (Å²) in [5, 5.41) is 12.5. The number of aliphatic hydroxyl groups is 1. The Balaban J connectivity index is 1.65. The van der Waals surface area contributed by atoms with Crippen molar-refractivity contribution in [3.8, 4) is 5.75 Å². The number of hydrogen-bond acceptors (Lipinski definition) is 6. The van der Waals surface area contributed by atoms with Gasteiger partial charge in [-0.15, -0.1) is 11.3 Å². The average Bonchev–Trinajstić information content (AvgIpc) is 3.53. The lowest BCUT2D eigenvalue weighted by atomic mass is 9.95. The van der Waals surface area contributed by atoms with Crippen molar-refractivity contribution in [2.75, 3.05) is 19.8 Å². The van der Waals surface area contributed by atoms with Crippen LogP contribution in [0.5, 0.6) is 5.75 Å². The van der Waals surface area contributed by atoms with Crippen LogP contribution >= 0.6 is 11.3 Å². The monoisotopic (exact) mass is 441 g/mol. The van der Waals surface area contributed by atoms with Crippen LogP contribution in [0.15, 0.2) is 53.1 Å². The first-order chi connectivity index (χ1) is 15.1. The topological polar surface area (TPSA) is 76.1 Å². The Morgan fingerprint density at radius 2 is 2.10 bits per heavy atom. The van der Waals surface area contributed by atoms with Crippen molar-refractivity contribution in [3.63, 3.8) is 0 Å². The van der Waals surface area contributed by atoms with Gasteiger partial charge in [0.15, 0.2) is 5.76 Å². The zero-order chi connectivity index (χ0) is 21.8. The zero-order valence-corrected chi connectivity index (χ0v) is 18.4. The fraction of sp³-hybridized carbons (Fsp3) is 0.417. The Morgan fingerprint density at radius 1 is 1.29 bits per heavy atom. The molecule has 0 radical (unpaired) electrons. The number of amides is 1. The van der Waals surface area contributed by atoms with E-state index in [1.165, 1.54) is 11.3 Å². The molecule has 1 N–H and O–H groups in total. The second kappa shape index (κ2) is 9.66. The van der Waals surface area contributed by atoms with Crippen LogP contribution < -0.4 is 4.74 Å². The van der Waals surface area contributed by atoms with Crippen molar-refractivity contribution >= 4 is 23.0 Å². The highest BCUT2D eigenvalue weighted by Crippen LogP contribution is 2.40. The molecule has 6 nitrogen and oxygen atoms in total. The summed E-state index contributed by atoms with van der Waals surface area (Å²) < 4.78 is 11.5. The maximum atomic E-state index is 13.2. The molecule has 2 atom stereocenters. The minimum absolute atomic E-state index is 0.0907. The summed E-state index contributed by atoms with van der Waals surface area (Å²) in [6, 6.07) is 10.3. The highest BCUT2D eigenvalue weighted by atomic mass is 32.1. The molecule has 2 aromatic rings. The van der Waals surface area contributed by atoms with Gasteiger partial charge in [0.2, 0.25) is 5.78 Å². The van der Waals surface area contributed by atoms with Gasteiger partial charge in [-0.3, -0.25) is 9.59 Å². The van der Waals surface area contributed by atoms with E-state index in [1.807, 2.05) is 29.6 Å². The van der Waals surface area contributed by atoms with Gasteiger partial charge in [-0.05, 0) is 48.4 Å². The van der Waals surface area contributed by atoms with Gasteiger partial charge in [-0.2, -0.15) is 0 Å². The number of unbranched alkanes of at least 4 members (excludes halogenated alkanes) is 1. The number of carbonyl (C=O) groups is 2. The molecular weight excluding hydrogens is 414 g/mol. The summed E-state index contributed by atoms with van der Waals surface area (Å²) >= 11 is 1.30. The van der Waals surface area contributed by atoms with Gasteiger partial charge in [0.05, 0.1) is 29.2 Å². The minimum Gasteiger partial charge on any atom is -0.503 e. The fourth-order valence-corrected chi connectivity index (χ4v) is 4.73. The Labute approximate surface area is 186 Å². The molecule has 7 heteroatoms. The number of carbonyl (C=O) groups excluding carboxylic acids is 2. The van der Waals surface area contributed by atoms with Crippen molar-refractivity contribution in [1.29, 1.82) is 0 Å². The lowest BCUT2D eigenvalue weighted by Crippen LogP contribution is -2.37. The third kappa shape index (κ3) is 4.52. The number of hydrogen-bond donors (Lipinski definition) is 1. The Hall–Kier alpha value is -2.64. The van der Waals surface area contributed by atoms with Crippen molar-refractivity contribution in [2.24, 2.45) is 0 Å². The Kier molecular flexibility index (Phi) is 6.73. The van der Waals surface area contributed by atoms with E-state index in [0.29, 0.717) is 24.6 Å². The molecule has 164 valence electrons. The van der Waals surface area contributed by atoms with Gasteiger partial charge in [-0.1, -0.05) is 31.5 Å². The van der Waals surface area contributed by atoms with E-state index in [0.717, 1.165) is 37.0 Å². The standard InChI is InChI=1S/C24H27NO5S/c1-2-3-12-29-17-10-8-16(9-11-17)21-20(22(26)19-7-5-14-31-19)23(27)24(28)25(21)15-18-6-4-13-30-18/h5,7-11,14,18,21,27H,2-4,6,12-13,15H2,1H3. The van der Waals surface area contributed by atoms with Crippen molar-refractivity contribution in [3.05, 3.63) is 63.6 Å². The second-order valence-corrected chi connectivity index (χ2v) is 8.78. The molecule has 1 aromatic heterocycles. The summed E-state index contributed by atoms with van der Waals surface area (Å²) in [6.45, 7) is 3.76. The first-order valence-electron chi connectivity index (χ1n) is 10.8. The smallest absolute Gasteiger partial charge is 0.290 e. The third-order valence-electron chi connectivity index (χ3n) is 5.68. The summed E-state index contributed by atoms with van der Waals surface area (Å²) in [4.78, 5) is 28.3. The number of benzene rings is 1. The molecule has 0 saturated carbocycles. The number of thiophene rings is 1. The molecule has 2 aliphatic heterocycles. The zero-order valence-electron chi connectivity index (χ0n) is 17.6. The Morgan fingerprint density at radius 3 is 2.74 bits per heavy atom. The van der Waals surface area contributed by atoms with Crippen LogP contribution in [0.25, 0.3) is 0 Å². The summed E-state index contributed by atoms with van der Waals surface area (Å²) in [7, 11) is 0. The van der Waals surface area contributed by atoms with E-state index in [-0.39, 0.29) is 17.5 Å². The average molecular weight is 442 g/mol. The maximum Gasteiger partial charge on any atom is 0.290 e. The van der Waals surface area contributed by atoms with Gasteiger partial charge in [0.25, 0.3) is 5.91 Å². The number of nitrogens with zero attached hydrogens (tertiary/aromatic N) is 1. The first kappa shape index (κ1) is 21.6. The largest absolute Gasteiger partial charge is 0.503 e. The van der Waals surface area contributed by atoms with E-state index in [1.54, 1.807) is 17.0 Å². The molecule has 31 heavy (non-hydrogen) atoms. The van der Waals surface area contributed by atoms with E-state index in [4.69, 9.17) is 9.47 Å². The molecule has 3 heterocycles. The van der Waals surface area contributed by atoms with Gasteiger partial charge >= 0.3 is 0 Å². The van der Waals surface area contributed by atoms with Crippen LogP contribution in [-0.2, 0) is 9.53 Å². The molecule has 0 spiro atoms. The van der Waals surface area contributed by atoms with E-state index < -0.39 is 17.7 Å². The fourth-order valence-electron chi connectivity index (χ4n) is 4.05. The van der Waals surface area contributed by atoms with Crippen LogP contribution in [-0.4, -0.2) is 47.6 Å². The summed E-state index contributed by atoms with van der Waals surface area (Å²) in [5.41, 5.74) is 0.892. The molecule has 2 unspecified atom stereocenters. The molecule has 1 fully saturated rings. The maximum absolute atomic E-state index is 13.2.